The lowest BCUT2D eigenvalue weighted by Crippen LogP contribution is -2.22. The van der Waals surface area contributed by atoms with E-state index in [1.165, 1.54) is 9.77 Å². The number of hydrogen-bond donors (Lipinski definition) is 1. The van der Waals surface area contributed by atoms with Gasteiger partial charge in [-0.05, 0) is 30.0 Å². The van der Waals surface area contributed by atoms with Crippen molar-refractivity contribution in [1.29, 1.82) is 0 Å². The average Bonchev–Trinajstić information content (AvgIpc) is 2.79. The predicted octanol–water partition coefficient (Wildman–Crippen LogP) is 4.69. The monoisotopic (exact) mass is 327 g/mol. The van der Waals surface area contributed by atoms with Crippen LogP contribution in [0.3, 0.4) is 0 Å². The predicted molar refractivity (Wildman–Crippen MR) is 80.7 cm³/mol. The van der Waals surface area contributed by atoms with Crippen LogP contribution in [0.25, 0.3) is 0 Å². The molecule has 0 radical (unpaired) electrons. The minimum atomic E-state index is 0.112. The van der Waals surface area contributed by atoms with Crippen molar-refractivity contribution in [2.45, 2.75) is 22.4 Å². The van der Waals surface area contributed by atoms with Gasteiger partial charge >= 0.3 is 0 Å². The molecule has 4 heteroatoms. The van der Waals surface area contributed by atoms with E-state index in [1.54, 1.807) is 11.3 Å². The van der Waals surface area contributed by atoms with Gasteiger partial charge in [0.05, 0.1) is 9.46 Å². The molecule has 0 aliphatic carbocycles. The van der Waals surface area contributed by atoms with Crippen molar-refractivity contribution < 1.29 is 0 Å². The number of halogens is 1. The van der Waals surface area contributed by atoms with E-state index in [0.29, 0.717) is 0 Å². The fourth-order valence-corrected chi connectivity index (χ4v) is 4.40. The van der Waals surface area contributed by atoms with E-state index < -0.39 is 0 Å². The van der Waals surface area contributed by atoms with Gasteiger partial charge in [-0.25, -0.2) is 0 Å². The van der Waals surface area contributed by atoms with Crippen molar-refractivity contribution in [2.24, 2.45) is 5.73 Å². The maximum Gasteiger partial charge on any atom is 0.0605 e. The Morgan fingerprint density at radius 1 is 1.24 bits per heavy atom. The van der Waals surface area contributed by atoms with Crippen molar-refractivity contribution in [3.05, 3.63) is 51.8 Å². The van der Waals surface area contributed by atoms with Gasteiger partial charge < -0.3 is 5.73 Å². The first-order valence-electron chi connectivity index (χ1n) is 5.38. The van der Waals surface area contributed by atoms with Gasteiger partial charge in [-0.2, -0.15) is 0 Å². The number of thioether (sulfide) groups is 1. The van der Waals surface area contributed by atoms with Crippen LogP contribution in [-0.2, 0) is 0 Å². The summed E-state index contributed by atoms with van der Waals surface area (Å²) in [6, 6.07) is 12.6. The molecule has 1 aromatic heterocycles. The second kappa shape index (κ2) is 6.05. The fourth-order valence-electron chi connectivity index (χ4n) is 1.62. The Morgan fingerprint density at radius 3 is 2.59 bits per heavy atom. The zero-order chi connectivity index (χ0) is 12.3. The van der Waals surface area contributed by atoms with Crippen LogP contribution in [0.15, 0.2) is 50.5 Å². The van der Waals surface area contributed by atoms with Crippen molar-refractivity contribution >= 4 is 39.0 Å². The lowest BCUT2D eigenvalue weighted by atomic mass is 10.1. The molecular weight excluding hydrogens is 314 g/mol. The summed E-state index contributed by atoms with van der Waals surface area (Å²) in [6.45, 7) is 2.06. The topological polar surface area (TPSA) is 26.0 Å². The molecule has 17 heavy (non-hydrogen) atoms. The van der Waals surface area contributed by atoms with Crippen LogP contribution in [-0.4, -0.2) is 6.04 Å². The van der Waals surface area contributed by atoms with Crippen molar-refractivity contribution in [3.8, 4) is 0 Å². The summed E-state index contributed by atoms with van der Waals surface area (Å²) in [5.74, 6) is 0. The largest absolute Gasteiger partial charge is 0.327 e. The maximum atomic E-state index is 6.12. The van der Waals surface area contributed by atoms with Crippen molar-refractivity contribution in [2.75, 3.05) is 0 Å². The lowest BCUT2D eigenvalue weighted by Gasteiger charge is -2.21. The number of benzene rings is 1. The van der Waals surface area contributed by atoms with Gasteiger partial charge in [-0.1, -0.05) is 40.2 Å². The zero-order valence-electron chi connectivity index (χ0n) is 9.47. The number of nitrogens with two attached hydrogens (primary N) is 1. The van der Waals surface area contributed by atoms with E-state index in [0.717, 1.165) is 4.47 Å². The Hall–Kier alpha value is -0.290. The highest BCUT2D eigenvalue weighted by atomic mass is 79.9. The first-order chi connectivity index (χ1) is 8.18. The molecule has 0 amide bonds. The van der Waals surface area contributed by atoms with Crippen LogP contribution >= 0.6 is 39.0 Å². The molecule has 0 saturated heterocycles. The molecule has 1 heterocycles. The third kappa shape index (κ3) is 3.35. The van der Waals surface area contributed by atoms with Gasteiger partial charge in [-0.3, -0.25) is 0 Å². The summed E-state index contributed by atoms with van der Waals surface area (Å²) < 4.78 is 2.44. The molecule has 2 atom stereocenters. The Morgan fingerprint density at radius 2 is 2.00 bits per heavy atom. The minimum absolute atomic E-state index is 0.112. The summed E-state index contributed by atoms with van der Waals surface area (Å²) in [5.41, 5.74) is 7.38. The number of rotatable bonds is 4. The van der Waals surface area contributed by atoms with Gasteiger partial charge in [0.15, 0.2) is 0 Å². The van der Waals surface area contributed by atoms with Gasteiger partial charge in [0, 0.05) is 10.5 Å². The molecule has 0 aliphatic heterocycles. The van der Waals surface area contributed by atoms with E-state index in [1.807, 2.05) is 17.8 Å². The van der Waals surface area contributed by atoms with E-state index in [9.17, 15) is 0 Å². The summed E-state index contributed by atoms with van der Waals surface area (Å²) in [6.07, 6.45) is 0. The summed E-state index contributed by atoms with van der Waals surface area (Å²) in [4.78, 5) is 0. The standard InChI is InChI=1S/C13H14BrNS2/c1-9(15)13(17-12-7-4-8-16-12)10-5-2-3-6-11(10)14/h2-9,13H,15H2,1H3. The summed E-state index contributed by atoms with van der Waals surface area (Å²) >= 11 is 7.20. The molecule has 0 bridgehead atoms. The lowest BCUT2D eigenvalue weighted by molar-refractivity contribution is 0.720. The van der Waals surface area contributed by atoms with Crippen molar-refractivity contribution in [1.82, 2.24) is 0 Å². The minimum Gasteiger partial charge on any atom is -0.327 e. The van der Waals surface area contributed by atoms with E-state index in [-0.39, 0.29) is 11.3 Å². The third-order valence-corrected chi connectivity index (χ3v) is 5.69. The number of hydrogen-bond acceptors (Lipinski definition) is 3. The Bertz CT molecular complexity index is 468. The highest BCUT2D eigenvalue weighted by Crippen LogP contribution is 2.41. The second-order valence-corrected chi connectivity index (χ2v) is 7.10. The summed E-state index contributed by atoms with van der Waals surface area (Å²) in [7, 11) is 0. The summed E-state index contributed by atoms with van der Waals surface area (Å²) in [5, 5.41) is 2.38. The quantitative estimate of drug-likeness (QED) is 0.824. The molecule has 0 fully saturated rings. The first-order valence-corrected chi connectivity index (χ1v) is 7.94. The SMILES string of the molecule is CC(N)C(Sc1cccs1)c1ccccc1Br. The van der Waals surface area contributed by atoms with Gasteiger partial charge in [0.25, 0.3) is 0 Å². The van der Waals surface area contributed by atoms with E-state index in [2.05, 4.69) is 58.6 Å². The zero-order valence-corrected chi connectivity index (χ0v) is 12.7. The van der Waals surface area contributed by atoms with Crippen LogP contribution < -0.4 is 5.73 Å². The molecule has 2 unspecified atom stereocenters. The van der Waals surface area contributed by atoms with Crippen LogP contribution in [0.2, 0.25) is 0 Å². The van der Waals surface area contributed by atoms with Crippen LogP contribution in [0, 0.1) is 0 Å². The molecule has 2 N–H and O–H groups in total. The maximum absolute atomic E-state index is 6.12. The fraction of sp³-hybridized carbons (Fsp3) is 0.231. The van der Waals surface area contributed by atoms with Gasteiger partial charge in [0.2, 0.25) is 0 Å². The molecule has 1 aromatic carbocycles. The Labute approximate surface area is 119 Å². The normalized spacial score (nSPS) is 14.5. The average molecular weight is 328 g/mol. The third-order valence-electron chi connectivity index (χ3n) is 2.43. The van der Waals surface area contributed by atoms with Gasteiger partial charge in [0.1, 0.15) is 0 Å². The smallest absolute Gasteiger partial charge is 0.0605 e. The molecule has 2 rings (SSSR count). The van der Waals surface area contributed by atoms with E-state index in [4.69, 9.17) is 5.73 Å². The highest BCUT2D eigenvalue weighted by molar-refractivity contribution is 9.10. The van der Waals surface area contributed by atoms with Crippen LogP contribution in [0.1, 0.15) is 17.7 Å². The first kappa shape index (κ1) is 13.1. The van der Waals surface area contributed by atoms with Crippen molar-refractivity contribution in [3.63, 3.8) is 0 Å². The molecular formula is C13H14BrNS2. The molecule has 2 aromatic rings. The second-order valence-electron chi connectivity index (χ2n) is 3.85. The van der Waals surface area contributed by atoms with Crippen LogP contribution in [0.5, 0.6) is 0 Å². The van der Waals surface area contributed by atoms with Crippen LogP contribution in [0.4, 0.5) is 0 Å². The molecule has 0 saturated carbocycles. The Balaban J connectivity index is 2.27. The molecule has 0 aliphatic rings. The van der Waals surface area contributed by atoms with Gasteiger partial charge in [-0.15, -0.1) is 23.1 Å². The highest BCUT2D eigenvalue weighted by Gasteiger charge is 2.20. The Kier molecular flexibility index (Phi) is 4.68. The van der Waals surface area contributed by atoms with E-state index >= 15 is 0 Å². The number of thiophene rings is 1. The molecule has 0 spiro atoms. The molecule has 1 nitrogen and oxygen atoms in total. The molecule has 90 valence electrons.